The second-order valence-electron chi connectivity index (χ2n) is 7.53. The SMILES string of the molecule is Cc1cc(C)c(NC(=O)CN(C)C(=O)c2ccc(OCc3noc(C)n3)cc2)c(C)c1. The third kappa shape index (κ3) is 5.69. The summed E-state index contributed by atoms with van der Waals surface area (Å²) in [5.74, 6) is 0.987. The van der Waals surface area contributed by atoms with Gasteiger partial charge in [-0.2, -0.15) is 4.98 Å². The quantitative estimate of drug-likeness (QED) is 0.625. The van der Waals surface area contributed by atoms with Gasteiger partial charge in [-0.3, -0.25) is 9.59 Å². The highest BCUT2D eigenvalue weighted by molar-refractivity contribution is 5.99. The predicted octanol–water partition coefficient (Wildman–Crippen LogP) is 3.59. The fourth-order valence-electron chi connectivity index (χ4n) is 3.31. The Kier molecular flexibility index (Phi) is 6.69. The minimum Gasteiger partial charge on any atom is -0.485 e. The number of likely N-dealkylation sites (N-methyl/N-ethyl adjacent to an activating group) is 1. The summed E-state index contributed by atoms with van der Waals surface area (Å²) in [7, 11) is 1.60. The van der Waals surface area contributed by atoms with Crippen LogP contribution in [0.5, 0.6) is 5.75 Å². The molecule has 2 aromatic carbocycles. The molecule has 0 aliphatic carbocycles. The molecule has 1 N–H and O–H groups in total. The van der Waals surface area contributed by atoms with Crippen molar-refractivity contribution < 1.29 is 18.8 Å². The maximum atomic E-state index is 12.7. The molecular weight excluding hydrogens is 396 g/mol. The number of nitrogens with one attached hydrogen (secondary N) is 1. The highest BCUT2D eigenvalue weighted by Crippen LogP contribution is 2.22. The maximum absolute atomic E-state index is 12.7. The normalized spacial score (nSPS) is 10.6. The van der Waals surface area contributed by atoms with Gasteiger partial charge in [-0.1, -0.05) is 22.9 Å². The molecule has 0 saturated heterocycles. The lowest BCUT2D eigenvalue weighted by Crippen LogP contribution is -2.35. The zero-order valence-corrected chi connectivity index (χ0v) is 18.4. The Bertz CT molecular complexity index is 1070. The second-order valence-corrected chi connectivity index (χ2v) is 7.53. The number of amides is 2. The second kappa shape index (κ2) is 9.42. The summed E-state index contributed by atoms with van der Waals surface area (Å²) in [6.07, 6.45) is 0. The van der Waals surface area contributed by atoms with Gasteiger partial charge in [-0.25, -0.2) is 0 Å². The summed E-state index contributed by atoms with van der Waals surface area (Å²) < 4.78 is 10.5. The van der Waals surface area contributed by atoms with Gasteiger partial charge in [0.2, 0.25) is 17.6 Å². The Morgan fingerprint density at radius 1 is 1.06 bits per heavy atom. The van der Waals surface area contributed by atoms with Crippen molar-refractivity contribution in [3.63, 3.8) is 0 Å². The van der Waals surface area contributed by atoms with Crippen molar-refractivity contribution in [2.24, 2.45) is 0 Å². The van der Waals surface area contributed by atoms with Gasteiger partial charge in [-0.05, 0) is 56.2 Å². The number of rotatable bonds is 7. The summed E-state index contributed by atoms with van der Waals surface area (Å²) in [5.41, 5.74) is 4.37. The molecule has 8 nitrogen and oxygen atoms in total. The van der Waals surface area contributed by atoms with E-state index >= 15 is 0 Å². The molecule has 2 amide bonds. The average Bonchev–Trinajstić information content (AvgIpc) is 3.14. The number of hydrogen-bond acceptors (Lipinski definition) is 6. The average molecular weight is 422 g/mol. The highest BCUT2D eigenvalue weighted by Gasteiger charge is 2.16. The fourth-order valence-corrected chi connectivity index (χ4v) is 3.31. The van der Waals surface area contributed by atoms with Crippen LogP contribution in [0.15, 0.2) is 40.9 Å². The third-order valence-electron chi connectivity index (χ3n) is 4.71. The largest absolute Gasteiger partial charge is 0.485 e. The number of benzene rings is 2. The molecule has 162 valence electrons. The van der Waals surface area contributed by atoms with Crippen molar-refractivity contribution >= 4 is 17.5 Å². The molecule has 0 aliphatic heterocycles. The van der Waals surface area contributed by atoms with Gasteiger partial charge in [-0.15, -0.1) is 0 Å². The minimum atomic E-state index is -0.257. The molecule has 0 radical (unpaired) electrons. The highest BCUT2D eigenvalue weighted by atomic mass is 16.5. The summed E-state index contributed by atoms with van der Waals surface area (Å²) in [5, 5.41) is 6.68. The molecule has 31 heavy (non-hydrogen) atoms. The lowest BCUT2D eigenvalue weighted by atomic mass is 10.1. The van der Waals surface area contributed by atoms with Gasteiger partial charge in [0, 0.05) is 25.2 Å². The molecule has 8 heteroatoms. The molecule has 1 heterocycles. The maximum Gasteiger partial charge on any atom is 0.254 e. The van der Waals surface area contributed by atoms with E-state index in [9.17, 15) is 9.59 Å². The van der Waals surface area contributed by atoms with Crippen LogP contribution in [0.25, 0.3) is 0 Å². The van der Waals surface area contributed by atoms with E-state index in [1.807, 2.05) is 32.9 Å². The van der Waals surface area contributed by atoms with Crippen LogP contribution in [-0.4, -0.2) is 40.4 Å². The van der Waals surface area contributed by atoms with Crippen molar-refractivity contribution in [1.29, 1.82) is 0 Å². The van der Waals surface area contributed by atoms with Crippen molar-refractivity contribution in [1.82, 2.24) is 15.0 Å². The fraction of sp³-hybridized carbons (Fsp3) is 0.304. The van der Waals surface area contributed by atoms with Crippen molar-refractivity contribution in [3.05, 3.63) is 70.4 Å². The first-order valence-electron chi connectivity index (χ1n) is 9.88. The van der Waals surface area contributed by atoms with Gasteiger partial charge in [0.1, 0.15) is 5.75 Å². The van der Waals surface area contributed by atoms with Crippen molar-refractivity contribution in [3.8, 4) is 5.75 Å². The Balaban J connectivity index is 1.56. The first kappa shape index (κ1) is 22.0. The van der Waals surface area contributed by atoms with Crippen molar-refractivity contribution in [2.45, 2.75) is 34.3 Å². The van der Waals surface area contributed by atoms with E-state index in [2.05, 4.69) is 15.5 Å². The van der Waals surface area contributed by atoms with E-state index in [1.54, 1.807) is 38.2 Å². The lowest BCUT2D eigenvalue weighted by Gasteiger charge is -2.18. The number of aryl methyl sites for hydroxylation is 4. The number of nitrogens with zero attached hydrogens (tertiary/aromatic N) is 3. The molecule has 3 aromatic rings. The van der Waals surface area contributed by atoms with Gasteiger partial charge < -0.3 is 19.5 Å². The van der Waals surface area contributed by atoms with E-state index in [1.165, 1.54) is 4.90 Å². The van der Waals surface area contributed by atoms with Crippen LogP contribution >= 0.6 is 0 Å². The summed E-state index contributed by atoms with van der Waals surface area (Å²) >= 11 is 0. The molecule has 0 saturated carbocycles. The zero-order chi connectivity index (χ0) is 22.5. The molecular formula is C23H26N4O4. The Hall–Kier alpha value is -3.68. The van der Waals surface area contributed by atoms with E-state index < -0.39 is 0 Å². The van der Waals surface area contributed by atoms with Gasteiger partial charge in [0.15, 0.2) is 6.61 Å². The summed E-state index contributed by atoms with van der Waals surface area (Å²) in [6, 6.07) is 10.7. The number of aromatic nitrogens is 2. The van der Waals surface area contributed by atoms with E-state index in [-0.39, 0.29) is 25.0 Å². The number of hydrogen-bond donors (Lipinski definition) is 1. The molecule has 0 spiro atoms. The number of ether oxygens (including phenoxy) is 1. The molecule has 0 aliphatic rings. The van der Waals surface area contributed by atoms with Crippen LogP contribution < -0.4 is 10.1 Å². The molecule has 1 aromatic heterocycles. The predicted molar refractivity (Wildman–Crippen MR) is 116 cm³/mol. The number of anilines is 1. The standard InChI is InChI=1S/C23H26N4O4/c1-14-10-15(2)22(16(3)11-14)25-21(28)12-27(5)23(29)18-6-8-19(9-7-18)30-13-20-24-17(4)31-26-20/h6-11H,12-13H2,1-5H3,(H,25,28). The first-order chi connectivity index (χ1) is 14.7. The van der Waals surface area contributed by atoms with E-state index in [4.69, 9.17) is 9.26 Å². The van der Waals surface area contributed by atoms with Gasteiger partial charge in [0.05, 0.1) is 6.54 Å². The molecule has 3 rings (SSSR count). The third-order valence-corrected chi connectivity index (χ3v) is 4.71. The number of carbonyl (C=O) groups excluding carboxylic acids is 2. The molecule has 0 unspecified atom stereocenters. The molecule has 0 bridgehead atoms. The summed E-state index contributed by atoms with van der Waals surface area (Å²) in [4.78, 5) is 30.6. The topological polar surface area (TPSA) is 97.6 Å². The van der Waals surface area contributed by atoms with Crippen LogP contribution in [0, 0.1) is 27.7 Å². The summed E-state index contributed by atoms with van der Waals surface area (Å²) in [6.45, 7) is 7.74. The first-order valence-corrected chi connectivity index (χ1v) is 9.88. The zero-order valence-electron chi connectivity index (χ0n) is 18.4. The van der Waals surface area contributed by atoms with Crippen LogP contribution in [-0.2, 0) is 11.4 Å². The minimum absolute atomic E-state index is 0.0545. The Morgan fingerprint density at radius 3 is 2.29 bits per heavy atom. The smallest absolute Gasteiger partial charge is 0.254 e. The lowest BCUT2D eigenvalue weighted by molar-refractivity contribution is -0.116. The van der Waals surface area contributed by atoms with E-state index in [0.717, 1.165) is 22.4 Å². The van der Waals surface area contributed by atoms with Gasteiger partial charge >= 0.3 is 0 Å². The van der Waals surface area contributed by atoms with Crippen molar-refractivity contribution in [2.75, 3.05) is 18.9 Å². The van der Waals surface area contributed by atoms with Crippen LogP contribution in [0.4, 0.5) is 5.69 Å². The monoisotopic (exact) mass is 422 g/mol. The van der Waals surface area contributed by atoms with E-state index in [0.29, 0.717) is 23.0 Å². The number of carbonyl (C=O) groups is 2. The Morgan fingerprint density at radius 2 is 1.71 bits per heavy atom. The Labute approximate surface area is 181 Å². The molecule has 0 fully saturated rings. The van der Waals surface area contributed by atoms with Gasteiger partial charge in [0.25, 0.3) is 5.91 Å². The molecule has 0 atom stereocenters. The van der Waals surface area contributed by atoms with Crippen LogP contribution in [0.2, 0.25) is 0 Å². The van der Waals surface area contributed by atoms with Crippen LogP contribution in [0.1, 0.15) is 38.8 Å². The van der Waals surface area contributed by atoms with Crippen LogP contribution in [0.3, 0.4) is 0 Å².